The molecule has 0 amide bonds. The fraction of sp³-hybridized carbons (Fsp3) is 0.368. The second-order valence-electron chi connectivity index (χ2n) is 6.47. The molecule has 2 aromatic carbocycles. The molecule has 0 saturated carbocycles. The lowest BCUT2D eigenvalue weighted by atomic mass is 9.99. The molecule has 0 radical (unpaired) electrons. The van der Waals surface area contributed by atoms with Gasteiger partial charge in [0.1, 0.15) is 16.4 Å². The van der Waals surface area contributed by atoms with E-state index in [9.17, 15) is 8.42 Å². The summed E-state index contributed by atoms with van der Waals surface area (Å²) in [5.74, 6) is 0.802. The van der Waals surface area contributed by atoms with Gasteiger partial charge in [0.15, 0.2) is 0 Å². The minimum atomic E-state index is -3.77. The summed E-state index contributed by atoms with van der Waals surface area (Å²) in [4.78, 5) is 2.42. The van der Waals surface area contributed by atoms with Gasteiger partial charge in [-0.25, -0.2) is 8.42 Å². The summed E-state index contributed by atoms with van der Waals surface area (Å²) >= 11 is 0. The third-order valence-corrected chi connectivity index (χ3v) is 6.90. The number of benzene rings is 2. The van der Waals surface area contributed by atoms with Crippen LogP contribution >= 0.6 is 0 Å². The molecule has 26 heavy (non-hydrogen) atoms. The van der Waals surface area contributed by atoms with E-state index < -0.39 is 10.0 Å². The zero-order valence-corrected chi connectivity index (χ0v) is 15.8. The molecule has 0 N–H and O–H groups in total. The summed E-state index contributed by atoms with van der Waals surface area (Å²) in [7, 11) is -0.780. The lowest BCUT2D eigenvalue weighted by Crippen LogP contribution is -2.46. The first-order valence-corrected chi connectivity index (χ1v) is 10.1. The van der Waals surface area contributed by atoms with Crippen molar-refractivity contribution in [3.05, 3.63) is 42.0 Å². The molecule has 4 rings (SSSR count). The van der Waals surface area contributed by atoms with Crippen molar-refractivity contribution >= 4 is 21.4 Å². The number of hydrogen-bond donors (Lipinski definition) is 0. The van der Waals surface area contributed by atoms with Crippen molar-refractivity contribution in [1.82, 2.24) is 0 Å². The Bertz CT molecular complexity index is 943. The van der Waals surface area contributed by atoms with E-state index in [0.717, 1.165) is 30.8 Å². The Morgan fingerprint density at radius 1 is 1.00 bits per heavy atom. The summed E-state index contributed by atoms with van der Waals surface area (Å²) in [5, 5.41) is 0. The normalized spacial score (nSPS) is 16.2. The molecule has 2 aliphatic heterocycles. The summed E-state index contributed by atoms with van der Waals surface area (Å²) in [6.07, 6.45) is 2.09. The molecular formula is C19H22N2O4S. The third kappa shape index (κ3) is 2.58. The molecule has 2 heterocycles. The van der Waals surface area contributed by atoms with Crippen molar-refractivity contribution in [3.63, 3.8) is 0 Å². The van der Waals surface area contributed by atoms with Gasteiger partial charge in [0.25, 0.3) is 10.0 Å². The number of nitrogens with zero attached hydrogens (tertiary/aromatic N) is 2. The van der Waals surface area contributed by atoms with Gasteiger partial charge in [0.2, 0.25) is 0 Å². The average molecular weight is 374 g/mol. The monoisotopic (exact) mass is 374 g/mol. The van der Waals surface area contributed by atoms with Crippen LogP contribution in [0.5, 0.6) is 11.5 Å². The summed E-state index contributed by atoms with van der Waals surface area (Å²) in [5.41, 5.74) is 3.01. The summed E-state index contributed by atoms with van der Waals surface area (Å²) < 4.78 is 39.0. The van der Waals surface area contributed by atoms with E-state index in [2.05, 4.69) is 11.0 Å². The van der Waals surface area contributed by atoms with E-state index >= 15 is 0 Å². The Hall–Kier alpha value is -2.41. The minimum absolute atomic E-state index is 0.126. The second kappa shape index (κ2) is 6.39. The Balaban J connectivity index is 1.86. The van der Waals surface area contributed by atoms with Gasteiger partial charge in [-0.3, -0.25) is 4.31 Å². The van der Waals surface area contributed by atoms with Gasteiger partial charge in [-0.2, -0.15) is 0 Å². The number of rotatable bonds is 4. The number of hydrogen-bond acceptors (Lipinski definition) is 5. The number of aryl methyl sites for hydroxylation is 1. The minimum Gasteiger partial charge on any atom is -0.497 e. The maximum Gasteiger partial charge on any atom is 0.268 e. The number of methoxy groups -OCH3 is 2. The van der Waals surface area contributed by atoms with E-state index in [4.69, 9.17) is 9.47 Å². The van der Waals surface area contributed by atoms with Crippen molar-refractivity contribution in [3.8, 4) is 11.5 Å². The van der Waals surface area contributed by atoms with E-state index in [0.29, 0.717) is 24.6 Å². The molecule has 6 nitrogen and oxygen atoms in total. The molecule has 0 bridgehead atoms. The van der Waals surface area contributed by atoms with Gasteiger partial charge in [-0.05, 0) is 36.6 Å². The zero-order valence-electron chi connectivity index (χ0n) is 14.9. The Labute approximate surface area is 154 Å². The van der Waals surface area contributed by atoms with Crippen LogP contribution in [0.4, 0.5) is 11.4 Å². The molecule has 0 spiro atoms. The zero-order chi connectivity index (χ0) is 18.3. The Morgan fingerprint density at radius 3 is 2.62 bits per heavy atom. The number of sulfonamides is 1. The van der Waals surface area contributed by atoms with E-state index in [1.54, 1.807) is 12.1 Å². The fourth-order valence-corrected chi connectivity index (χ4v) is 5.46. The van der Waals surface area contributed by atoms with Crippen LogP contribution in [-0.2, 0) is 16.4 Å². The van der Waals surface area contributed by atoms with Crippen LogP contribution in [0.3, 0.4) is 0 Å². The molecular weight excluding hydrogens is 352 g/mol. The molecule has 0 saturated heterocycles. The van der Waals surface area contributed by atoms with Crippen molar-refractivity contribution in [2.45, 2.75) is 17.7 Å². The molecule has 0 unspecified atom stereocenters. The fourth-order valence-electron chi connectivity index (χ4n) is 3.83. The van der Waals surface area contributed by atoms with Crippen LogP contribution in [0.25, 0.3) is 0 Å². The predicted octanol–water partition coefficient (Wildman–Crippen LogP) is 2.67. The topological polar surface area (TPSA) is 59.1 Å². The van der Waals surface area contributed by atoms with Gasteiger partial charge in [-0.1, -0.05) is 12.1 Å². The van der Waals surface area contributed by atoms with Crippen LogP contribution in [0.1, 0.15) is 12.0 Å². The molecule has 7 heteroatoms. The highest BCUT2D eigenvalue weighted by atomic mass is 32.2. The Kier molecular flexibility index (Phi) is 4.19. The maximum atomic E-state index is 13.5. The molecule has 2 aromatic rings. The first-order chi connectivity index (χ1) is 12.6. The van der Waals surface area contributed by atoms with Crippen LogP contribution < -0.4 is 18.7 Å². The number of para-hydroxylation sites is 1. The molecule has 0 fully saturated rings. The quantitative estimate of drug-likeness (QED) is 0.823. The van der Waals surface area contributed by atoms with Gasteiger partial charge >= 0.3 is 0 Å². The van der Waals surface area contributed by atoms with Crippen molar-refractivity contribution in [1.29, 1.82) is 0 Å². The van der Waals surface area contributed by atoms with Crippen LogP contribution in [0.15, 0.2) is 41.3 Å². The SMILES string of the molecule is COc1ccc(OC)c(S(=O)(=O)N2CCN3CCCc4cccc2c43)c1. The highest BCUT2D eigenvalue weighted by molar-refractivity contribution is 7.93. The number of anilines is 2. The Morgan fingerprint density at radius 2 is 1.85 bits per heavy atom. The largest absolute Gasteiger partial charge is 0.497 e. The van der Waals surface area contributed by atoms with Crippen LogP contribution in [-0.4, -0.2) is 42.3 Å². The predicted molar refractivity (Wildman–Crippen MR) is 101 cm³/mol. The first-order valence-electron chi connectivity index (χ1n) is 8.68. The lowest BCUT2D eigenvalue weighted by molar-refractivity contribution is 0.392. The molecule has 0 atom stereocenters. The van der Waals surface area contributed by atoms with Gasteiger partial charge in [0.05, 0.1) is 32.1 Å². The third-order valence-electron chi connectivity index (χ3n) is 5.07. The van der Waals surface area contributed by atoms with Crippen LogP contribution in [0.2, 0.25) is 0 Å². The van der Waals surface area contributed by atoms with Gasteiger partial charge in [0, 0.05) is 19.2 Å². The molecule has 0 aliphatic carbocycles. The van der Waals surface area contributed by atoms with Crippen LogP contribution in [0, 0.1) is 0 Å². The number of ether oxygens (including phenoxy) is 2. The molecule has 2 aliphatic rings. The van der Waals surface area contributed by atoms with Crippen molar-refractivity contribution < 1.29 is 17.9 Å². The molecule has 0 aromatic heterocycles. The van der Waals surface area contributed by atoms with Gasteiger partial charge in [-0.15, -0.1) is 0 Å². The van der Waals surface area contributed by atoms with E-state index in [1.165, 1.54) is 30.2 Å². The highest BCUT2D eigenvalue weighted by Gasteiger charge is 2.36. The second-order valence-corrected chi connectivity index (χ2v) is 8.30. The average Bonchev–Trinajstić information content (AvgIpc) is 2.68. The standard InChI is InChI=1S/C19H22N2O4S/c1-24-15-8-9-17(25-2)18(13-15)26(22,23)21-12-11-20-10-4-6-14-5-3-7-16(21)19(14)20/h3,5,7-9,13H,4,6,10-12H2,1-2H3. The molecule has 138 valence electrons. The van der Waals surface area contributed by atoms with E-state index in [-0.39, 0.29) is 4.90 Å². The summed E-state index contributed by atoms with van der Waals surface area (Å²) in [6.45, 7) is 2.08. The lowest BCUT2D eigenvalue weighted by Gasteiger charge is -2.41. The summed E-state index contributed by atoms with van der Waals surface area (Å²) in [6, 6.07) is 10.8. The smallest absolute Gasteiger partial charge is 0.268 e. The van der Waals surface area contributed by atoms with Crippen molar-refractivity contribution in [2.75, 3.05) is 43.1 Å². The van der Waals surface area contributed by atoms with E-state index in [1.807, 2.05) is 12.1 Å². The van der Waals surface area contributed by atoms with Crippen molar-refractivity contribution in [2.24, 2.45) is 0 Å². The maximum absolute atomic E-state index is 13.5. The first kappa shape index (κ1) is 17.0. The highest BCUT2D eigenvalue weighted by Crippen LogP contribution is 2.42. The van der Waals surface area contributed by atoms with Gasteiger partial charge < -0.3 is 14.4 Å².